The summed E-state index contributed by atoms with van der Waals surface area (Å²) < 4.78 is 5.85. The number of rotatable bonds is 3. The van der Waals surface area contributed by atoms with Crippen LogP contribution in [0.2, 0.25) is 0 Å². The molecule has 2 bridgehead atoms. The van der Waals surface area contributed by atoms with Gasteiger partial charge in [0, 0.05) is 17.0 Å². The molecule has 1 aromatic heterocycles. The molecule has 1 N–H and O–H groups in total. The van der Waals surface area contributed by atoms with Crippen molar-refractivity contribution in [1.29, 1.82) is 0 Å². The number of hydrogen-bond acceptors (Lipinski definition) is 3. The summed E-state index contributed by atoms with van der Waals surface area (Å²) >= 11 is 0. The largest absolute Gasteiger partial charge is 0.373 e. The normalized spacial score (nSPS) is 29.1. The molecule has 0 unspecified atom stereocenters. The molecule has 1 aliphatic carbocycles. The Morgan fingerprint density at radius 1 is 1.17 bits per heavy atom. The van der Waals surface area contributed by atoms with Crippen LogP contribution in [0, 0.1) is 0 Å². The van der Waals surface area contributed by atoms with Crippen molar-refractivity contribution in [3.05, 3.63) is 41.6 Å². The van der Waals surface area contributed by atoms with Gasteiger partial charge < -0.3 is 10.1 Å². The Bertz CT molecular complexity index is 784. The van der Waals surface area contributed by atoms with E-state index in [1.807, 2.05) is 30.3 Å². The number of pyridine rings is 1. The van der Waals surface area contributed by atoms with Crippen molar-refractivity contribution in [3.63, 3.8) is 0 Å². The first-order chi connectivity index (χ1) is 11.3. The van der Waals surface area contributed by atoms with Gasteiger partial charge in [-0.3, -0.25) is 9.78 Å². The predicted octanol–water partition coefficient (Wildman–Crippen LogP) is 3.16. The van der Waals surface area contributed by atoms with E-state index in [1.165, 1.54) is 12.8 Å². The number of benzene rings is 1. The maximum absolute atomic E-state index is 12.9. The van der Waals surface area contributed by atoms with E-state index in [-0.39, 0.29) is 18.1 Å². The number of ether oxygens (including phenoxy) is 1. The summed E-state index contributed by atoms with van der Waals surface area (Å²) in [6, 6.07) is 10.1. The highest BCUT2D eigenvalue weighted by Gasteiger charge is 2.41. The smallest absolute Gasteiger partial charge is 0.252 e. The molecule has 2 saturated heterocycles. The molecule has 3 fully saturated rings. The number of nitrogens with one attached hydrogen (secondary N) is 1. The van der Waals surface area contributed by atoms with Gasteiger partial charge in [-0.1, -0.05) is 18.2 Å². The van der Waals surface area contributed by atoms with Gasteiger partial charge in [-0.05, 0) is 44.2 Å². The number of carbonyl (C=O) groups excluding carboxylic acids is 1. The Morgan fingerprint density at radius 3 is 2.78 bits per heavy atom. The van der Waals surface area contributed by atoms with Crippen molar-refractivity contribution in [1.82, 2.24) is 10.3 Å². The third-order valence-electron chi connectivity index (χ3n) is 5.40. The molecule has 4 heteroatoms. The molecule has 0 radical (unpaired) electrons. The van der Waals surface area contributed by atoms with Crippen molar-refractivity contribution in [2.45, 2.75) is 56.3 Å². The molecule has 1 amide bonds. The standard InChI is InChI=1S/C19H20N2O2/c22-19(21-17-9-12-7-8-18(17)23-12)14-10-16(11-5-6-11)20-15-4-2-1-3-13(14)15/h1-4,10-12,17-18H,5-9H2,(H,21,22)/t12-,17+,18-/m0/s1. The third-order valence-corrected chi connectivity index (χ3v) is 5.40. The van der Waals surface area contributed by atoms with Gasteiger partial charge >= 0.3 is 0 Å². The lowest BCUT2D eigenvalue weighted by Crippen LogP contribution is -2.41. The van der Waals surface area contributed by atoms with Crippen LogP contribution in [0.1, 0.15) is 54.1 Å². The predicted molar refractivity (Wildman–Crippen MR) is 87.5 cm³/mol. The van der Waals surface area contributed by atoms with Crippen LogP contribution in [-0.2, 0) is 4.74 Å². The first kappa shape index (κ1) is 13.5. The maximum atomic E-state index is 12.9. The number of nitrogens with zero attached hydrogens (tertiary/aromatic N) is 1. The molecular weight excluding hydrogens is 288 g/mol. The lowest BCUT2D eigenvalue weighted by molar-refractivity contribution is 0.0842. The SMILES string of the molecule is O=C(N[C@@H]1C[C@@H]2CC[C@@H]1O2)c1cc(C2CC2)nc2ccccc12. The van der Waals surface area contributed by atoms with Crippen LogP contribution in [0.5, 0.6) is 0 Å². The van der Waals surface area contributed by atoms with E-state index in [4.69, 9.17) is 9.72 Å². The fraction of sp³-hybridized carbons (Fsp3) is 0.474. The molecule has 3 heterocycles. The zero-order valence-corrected chi connectivity index (χ0v) is 13.0. The van der Waals surface area contributed by atoms with Crippen LogP contribution in [0.15, 0.2) is 30.3 Å². The first-order valence-corrected chi connectivity index (χ1v) is 8.64. The minimum Gasteiger partial charge on any atom is -0.373 e. The highest BCUT2D eigenvalue weighted by Crippen LogP contribution is 2.40. The monoisotopic (exact) mass is 308 g/mol. The molecule has 3 aliphatic rings. The summed E-state index contributed by atoms with van der Waals surface area (Å²) in [6.07, 6.45) is 6.09. The lowest BCUT2D eigenvalue weighted by Gasteiger charge is -2.20. The fourth-order valence-electron chi connectivity index (χ4n) is 4.01. The third kappa shape index (κ3) is 2.32. The van der Waals surface area contributed by atoms with Crippen molar-refractivity contribution in [2.24, 2.45) is 0 Å². The topological polar surface area (TPSA) is 51.2 Å². The van der Waals surface area contributed by atoms with E-state index in [0.29, 0.717) is 12.0 Å². The van der Waals surface area contributed by atoms with Crippen LogP contribution in [0.3, 0.4) is 0 Å². The molecule has 5 rings (SSSR count). The summed E-state index contributed by atoms with van der Waals surface area (Å²) in [5, 5.41) is 4.16. The fourth-order valence-corrected chi connectivity index (χ4v) is 4.01. The van der Waals surface area contributed by atoms with E-state index >= 15 is 0 Å². The average molecular weight is 308 g/mol. The molecule has 1 aromatic carbocycles. The van der Waals surface area contributed by atoms with Gasteiger partial charge in [-0.2, -0.15) is 0 Å². The molecule has 23 heavy (non-hydrogen) atoms. The van der Waals surface area contributed by atoms with E-state index < -0.39 is 0 Å². The van der Waals surface area contributed by atoms with Crippen molar-refractivity contribution in [2.75, 3.05) is 0 Å². The summed E-state index contributed by atoms with van der Waals surface area (Å²) in [6.45, 7) is 0. The maximum Gasteiger partial charge on any atom is 0.252 e. The Morgan fingerprint density at radius 2 is 2.04 bits per heavy atom. The van der Waals surface area contributed by atoms with Crippen LogP contribution >= 0.6 is 0 Å². The second-order valence-electron chi connectivity index (χ2n) is 7.08. The van der Waals surface area contributed by atoms with Crippen molar-refractivity contribution < 1.29 is 9.53 Å². The highest BCUT2D eigenvalue weighted by atomic mass is 16.5. The molecule has 3 atom stereocenters. The lowest BCUT2D eigenvalue weighted by atomic mass is 9.95. The first-order valence-electron chi connectivity index (χ1n) is 8.64. The number of para-hydroxylation sites is 1. The average Bonchev–Trinajstić information content (AvgIpc) is 3.23. The zero-order chi connectivity index (χ0) is 15.4. The molecule has 1 saturated carbocycles. The zero-order valence-electron chi connectivity index (χ0n) is 13.0. The number of carbonyl (C=O) groups is 1. The van der Waals surface area contributed by atoms with E-state index in [2.05, 4.69) is 5.32 Å². The molecule has 2 aliphatic heterocycles. The van der Waals surface area contributed by atoms with Gasteiger partial charge in [0.25, 0.3) is 5.91 Å². The summed E-state index contributed by atoms with van der Waals surface area (Å²) in [4.78, 5) is 17.6. The van der Waals surface area contributed by atoms with Gasteiger partial charge in [-0.15, -0.1) is 0 Å². The molecule has 2 aromatic rings. The second kappa shape index (κ2) is 5.03. The summed E-state index contributed by atoms with van der Waals surface area (Å²) in [5.41, 5.74) is 2.75. The molecule has 4 nitrogen and oxygen atoms in total. The minimum atomic E-state index is 0.0200. The summed E-state index contributed by atoms with van der Waals surface area (Å²) in [5.74, 6) is 0.559. The van der Waals surface area contributed by atoms with Crippen molar-refractivity contribution >= 4 is 16.8 Å². The minimum absolute atomic E-state index is 0.0200. The number of hydrogen-bond donors (Lipinski definition) is 1. The van der Waals surface area contributed by atoms with Gasteiger partial charge in [-0.25, -0.2) is 0 Å². The quantitative estimate of drug-likeness (QED) is 0.947. The highest BCUT2D eigenvalue weighted by molar-refractivity contribution is 6.06. The van der Waals surface area contributed by atoms with Crippen LogP contribution in [0.4, 0.5) is 0 Å². The van der Waals surface area contributed by atoms with Gasteiger partial charge in [0.2, 0.25) is 0 Å². The van der Waals surface area contributed by atoms with Crippen LogP contribution in [0.25, 0.3) is 10.9 Å². The second-order valence-corrected chi connectivity index (χ2v) is 7.08. The summed E-state index contributed by atoms with van der Waals surface area (Å²) in [7, 11) is 0. The van der Waals surface area contributed by atoms with E-state index in [1.54, 1.807) is 0 Å². The Balaban J connectivity index is 1.49. The number of amides is 1. The number of fused-ring (bicyclic) bond motifs is 3. The molecule has 0 spiro atoms. The Labute approximate surface area is 135 Å². The van der Waals surface area contributed by atoms with Crippen molar-refractivity contribution in [3.8, 4) is 0 Å². The molecular formula is C19H20N2O2. The van der Waals surface area contributed by atoms with E-state index in [9.17, 15) is 4.79 Å². The van der Waals surface area contributed by atoms with Gasteiger partial charge in [0.05, 0.1) is 29.3 Å². The molecule has 118 valence electrons. The Kier molecular flexibility index (Phi) is 2.95. The van der Waals surface area contributed by atoms with Crippen LogP contribution < -0.4 is 5.32 Å². The van der Waals surface area contributed by atoms with Gasteiger partial charge in [0.15, 0.2) is 0 Å². The number of aromatic nitrogens is 1. The Hall–Kier alpha value is -1.94. The van der Waals surface area contributed by atoms with Crippen LogP contribution in [-0.4, -0.2) is 29.1 Å². The van der Waals surface area contributed by atoms with E-state index in [0.717, 1.165) is 41.4 Å². The van der Waals surface area contributed by atoms with Gasteiger partial charge in [0.1, 0.15) is 0 Å².